The van der Waals surface area contributed by atoms with Gasteiger partial charge in [-0.15, -0.1) is 0 Å². The molecule has 2 aliphatic heterocycles. The van der Waals surface area contributed by atoms with Crippen molar-refractivity contribution in [2.24, 2.45) is 17.3 Å². The molecule has 12 heteroatoms. The predicted molar refractivity (Wildman–Crippen MR) is 191 cm³/mol. The number of hydrogen-bond acceptors (Lipinski definition) is 10. The van der Waals surface area contributed by atoms with Crippen molar-refractivity contribution in [3.63, 3.8) is 0 Å². The molecule has 12 nitrogen and oxygen atoms in total. The molecule has 2 amide bonds. The summed E-state index contributed by atoms with van der Waals surface area (Å²) in [6.07, 6.45) is 12.9. The predicted octanol–water partition coefficient (Wildman–Crippen LogP) is 6.39. The van der Waals surface area contributed by atoms with Gasteiger partial charge in [-0.3, -0.25) is 19.6 Å². The summed E-state index contributed by atoms with van der Waals surface area (Å²) in [6, 6.07) is 4.01. The minimum absolute atomic E-state index is 0.123. The average molecular weight is 701 g/mol. The van der Waals surface area contributed by atoms with Crippen LogP contribution >= 0.6 is 0 Å². The lowest BCUT2D eigenvalue weighted by Gasteiger charge is -2.35. The lowest BCUT2D eigenvalue weighted by Crippen LogP contribution is -2.57. The van der Waals surface area contributed by atoms with E-state index in [4.69, 9.17) is 24.2 Å². The number of carbonyl (C=O) groups excluding carboxylic acids is 3. The number of Topliss-reactive ketones (excluding diaryl/α,β-unsaturated/α-hetero) is 1. The highest BCUT2D eigenvalue weighted by atomic mass is 16.6. The Morgan fingerprint density at radius 1 is 0.980 bits per heavy atom. The monoisotopic (exact) mass is 700 g/mol. The highest BCUT2D eigenvalue weighted by Gasteiger charge is 2.50. The molecule has 4 heterocycles. The van der Waals surface area contributed by atoms with Crippen LogP contribution in [-0.2, 0) is 27.4 Å². The van der Waals surface area contributed by atoms with Crippen molar-refractivity contribution in [1.29, 1.82) is 0 Å². The van der Waals surface area contributed by atoms with Crippen molar-refractivity contribution in [3.8, 4) is 11.6 Å². The molecule has 2 aromatic heterocycles. The second-order valence-electron chi connectivity index (χ2n) is 15.4. The molecule has 51 heavy (non-hydrogen) atoms. The van der Waals surface area contributed by atoms with Crippen LogP contribution in [0.2, 0.25) is 0 Å². The first kappa shape index (κ1) is 36.4. The van der Waals surface area contributed by atoms with Crippen molar-refractivity contribution in [2.45, 2.75) is 130 Å². The third-order valence-electron chi connectivity index (χ3n) is 10.7. The molecular formula is C39H52N6O6. The van der Waals surface area contributed by atoms with Gasteiger partial charge >= 0.3 is 6.09 Å². The summed E-state index contributed by atoms with van der Waals surface area (Å²) in [4.78, 5) is 61.2. The van der Waals surface area contributed by atoms with E-state index in [0.717, 1.165) is 62.6 Å². The molecular weight excluding hydrogens is 648 g/mol. The zero-order chi connectivity index (χ0) is 36.1. The van der Waals surface area contributed by atoms with Crippen molar-refractivity contribution < 1.29 is 28.6 Å². The fraction of sp³-hybridized carbons (Fsp3) is 0.615. The van der Waals surface area contributed by atoms with E-state index in [-0.39, 0.29) is 36.9 Å². The summed E-state index contributed by atoms with van der Waals surface area (Å²) in [5.74, 6) is 0.615. The van der Waals surface area contributed by atoms with Crippen LogP contribution in [0, 0.1) is 17.3 Å². The van der Waals surface area contributed by atoms with E-state index in [9.17, 15) is 14.4 Å². The molecule has 2 fully saturated rings. The van der Waals surface area contributed by atoms with Gasteiger partial charge in [0.1, 0.15) is 36.3 Å². The molecule has 1 aromatic carbocycles. The molecule has 3 aromatic rings. The molecule has 274 valence electrons. The number of hydrogen-bond donors (Lipinski definition) is 1. The number of carbonyl (C=O) groups is 3. The van der Waals surface area contributed by atoms with Crippen LogP contribution in [0.4, 0.5) is 4.79 Å². The lowest BCUT2D eigenvalue weighted by molar-refractivity contribution is -0.141. The number of nitrogens with zero attached hydrogens (tertiary/aromatic N) is 5. The maximum atomic E-state index is 14.5. The summed E-state index contributed by atoms with van der Waals surface area (Å²) in [6.45, 7) is 9.70. The quantitative estimate of drug-likeness (QED) is 0.318. The van der Waals surface area contributed by atoms with Crippen LogP contribution in [-0.4, -0.2) is 73.5 Å². The maximum Gasteiger partial charge on any atom is 0.408 e. The van der Waals surface area contributed by atoms with Gasteiger partial charge in [0.25, 0.3) is 0 Å². The number of aromatic nitrogens is 4. The fourth-order valence-corrected chi connectivity index (χ4v) is 7.99. The smallest absolute Gasteiger partial charge is 0.408 e. The Balaban J connectivity index is 1.34. The number of benzene rings is 1. The van der Waals surface area contributed by atoms with Gasteiger partial charge in [0, 0.05) is 24.4 Å². The molecule has 0 radical (unpaired) electrons. The van der Waals surface area contributed by atoms with Crippen LogP contribution in [0.5, 0.6) is 11.6 Å². The fourth-order valence-electron chi connectivity index (χ4n) is 7.99. The molecule has 2 bridgehead atoms. The number of alkyl carbamates (subject to hydrolysis) is 1. The molecule has 6 rings (SSSR count). The van der Waals surface area contributed by atoms with E-state index in [2.05, 4.69) is 15.3 Å². The average Bonchev–Trinajstić information content (AvgIpc) is 3.70. The topological polar surface area (TPSA) is 146 Å². The number of rotatable bonds is 5. The first-order valence-corrected chi connectivity index (χ1v) is 18.6. The largest absolute Gasteiger partial charge is 0.487 e. The second-order valence-corrected chi connectivity index (χ2v) is 15.4. The van der Waals surface area contributed by atoms with Crippen molar-refractivity contribution in [3.05, 3.63) is 48.2 Å². The Kier molecular flexibility index (Phi) is 11.4. The SMILES string of the molecule is CC[C@@H]1[C@@H]2CN(C(=O)[C@H](C(C)(C)C)NC(=O)O[C@@H]3CCC[C@H]3CCCCCCc3nc4ccc(OCc5cnccn5)cc4nc3O2)[C@@H]1C(C)=O. The highest BCUT2D eigenvalue weighted by Crippen LogP contribution is 2.36. The number of aryl methyl sites for hydroxylation is 1. The van der Waals surface area contributed by atoms with E-state index in [1.54, 1.807) is 23.5 Å². The molecule has 1 saturated heterocycles. The van der Waals surface area contributed by atoms with Gasteiger partial charge in [0.2, 0.25) is 11.8 Å². The van der Waals surface area contributed by atoms with Crippen LogP contribution in [0.25, 0.3) is 11.0 Å². The van der Waals surface area contributed by atoms with Crippen LogP contribution < -0.4 is 14.8 Å². The minimum atomic E-state index is -0.902. The van der Waals surface area contributed by atoms with Crippen molar-refractivity contribution in [2.75, 3.05) is 6.54 Å². The van der Waals surface area contributed by atoms with Crippen molar-refractivity contribution in [1.82, 2.24) is 30.2 Å². The summed E-state index contributed by atoms with van der Waals surface area (Å²) in [7, 11) is 0. The van der Waals surface area contributed by atoms with Crippen LogP contribution in [0.15, 0.2) is 36.8 Å². The van der Waals surface area contributed by atoms with Gasteiger partial charge in [0.15, 0.2) is 5.78 Å². The first-order valence-electron chi connectivity index (χ1n) is 18.6. The van der Waals surface area contributed by atoms with Gasteiger partial charge in [-0.1, -0.05) is 47.0 Å². The molecule has 1 aliphatic carbocycles. The number of ketones is 1. The van der Waals surface area contributed by atoms with Crippen LogP contribution in [0.1, 0.15) is 104 Å². The Bertz CT molecular complexity index is 1700. The molecule has 0 spiro atoms. The Hall–Kier alpha value is -4.35. The van der Waals surface area contributed by atoms with E-state index < -0.39 is 29.7 Å². The molecule has 1 saturated carbocycles. The second kappa shape index (κ2) is 15.9. The third kappa shape index (κ3) is 8.59. The zero-order valence-electron chi connectivity index (χ0n) is 30.6. The standard InChI is InChI=1S/C39H52N6O6/c1-6-28-33-22-45(34(28)24(2)46)37(47)35(39(3,4)5)44-38(48)51-32-15-11-13-25(32)12-9-7-8-10-14-30-36(50-33)43-31-20-27(16-17-29(31)42-30)49-23-26-21-40-18-19-41-26/h16-21,25,28,32-35H,6-15,22-23H2,1-5H3,(H,44,48)/t25-,28-,32-,33+,34-,35-/m1/s1. The Morgan fingerprint density at radius 3 is 2.53 bits per heavy atom. The highest BCUT2D eigenvalue weighted by molar-refractivity contribution is 5.92. The van der Waals surface area contributed by atoms with E-state index in [1.807, 2.05) is 45.9 Å². The number of nitrogens with one attached hydrogen (secondary N) is 1. The van der Waals surface area contributed by atoms with E-state index in [1.165, 1.54) is 6.92 Å². The summed E-state index contributed by atoms with van der Waals surface area (Å²) < 4.78 is 18.8. The molecule has 6 atom stereocenters. The van der Waals surface area contributed by atoms with Gasteiger partial charge in [-0.05, 0) is 75.3 Å². The first-order chi connectivity index (χ1) is 24.5. The van der Waals surface area contributed by atoms with Gasteiger partial charge < -0.3 is 24.4 Å². The third-order valence-corrected chi connectivity index (χ3v) is 10.7. The van der Waals surface area contributed by atoms with Gasteiger partial charge in [-0.2, -0.15) is 0 Å². The summed E-state index contributed by atoms with van der Waals surface area (Å²) >= 11 is 0. The minimum Gasteiger partial charge on any atom is -0.487 e. The summed E-state index contributed by atoms with van der Waals surface area (Å²) in [5, 5.41) is 2.92. The van der Waals surface area contributed by atoms with E-state index in [0.29, 0.717) is 41.6 Å². The lowest BCUT2D eigenvalue weighted by atomic mass is 9.85. The Labute approximate surface area is 300 Å². The molecule has 3 aliphatic rings. The normalized spacial score (nSPS) is 26.5. The van der Waals surface area contributed by atoms with Crippen LogP contribution in [0.3, 0.4) is 0 Å². The maximum absolute atomic E-state index is 14.5. The number of ether oxygens (including phenoxy) is 3. The van der Waals surface area contributed by atoms with E-state index >= 15 is 0 Å². The van der Waals surface area contributed by atoms with Crippen molar-refractivity contribution >= 4 is 28.8 Å². The zero-order valence-corrected chi connectivity index (χ0v) is 30.6. The summed E-state index contributed by atoms with van der Waals surface area (Å²) in [5.41, 5.74) is 2.18. The Morgan fingerprint density at radius 2 is 1.78 bits per heavy atom. The number of amides is 2. The molecule has 1 N–H and O–H groups in total. The molecule has 0 unspecified atom stereocenters. The van der Waals surface area contributed by atoms with Gasteiger partial charge in [-0.25, -0.2) is 14.8 Å². The van der Waals surface area contributed by atoms with Gasteiger partial charge in [0.05, 0.1) is 35.5 Å². The number of fused-ring (bicyclic) bond motifs is 5.